The number of pyridine rings is 2. The molecule has 3 aromatic heterocycles. The number of alkyl halides is 3. The monoisotopic (exact) mass is 469 g/mol. The molecule has 3 aromatic rings. The Kier molecular flexibility index (Phi) is 6.38. The normalized spacial score (nSPS) is 13.9. The standard InChI is InChI=1S/C22H18F3N7O2/c1-13-18(15-6-14(9-26)20(28-10-15)32-2-4-34-5-3-32)8-17(12-27-13)30-21(33)16-7-19(22(23,24)25)31-29-11-16/h6-8,10-12H,2-5H2,1H3,(H,30,33). The van der Waals surface area contributed by atoms with E-state index in [9.17, 15) is 23.2 Å². The number of nitrogens with zero attached hydrogens (tertiary/aromatic N) is 6. The van der Waals surface area contributed by atoms with Crippen molar-refractivity contribution in [2.45, 2.75) is 13.1 Å². The van der Waals surface area contributed by atoms with Gasteiger partial charge in [0.15, 0.2) is 5.69 Å². The molecule has 0 aliphatic carbocycles. The number of nitriles is 1. The molecule has 0 bridgehead atoms. The third-order valence-corrected chi connectivity index (χ3v) is 5.16. The van der Waals surface area contributed by atoms with Crippen molar-refractivity contribution in [3.05, 3.63) is 59.3 Å². The summed E-state index contributed by atoms with van der Waals surface area (Å²) in [5, 5.41) is 18.5. The predicted octanol–water partition coefficient (Wildman–Crippen LogP) is 3.22. The molecule has 174 valence electrons. The van der Waals surface area contributed by atoms with E-state index in [1.807, 2.05) is 4.90 Å². The Morgan fingerprint density at radius 1 is 1.15 bits per heavy atom. The molecule has 0 aromatic carbocycles. The summed E-state index contributed by atoms with van der Waals surface area (Å²) in [6.45, 7) is 4.12. The number of carbonyl (C=O) groups is 1. The molecule has 0 spiro atoms. The van der Waals surface area contributed by atoms with Gasteiger partial charge >= 0.3 is 6.18 Å². The fourth-order valence-corrected chi connectivity index (χ4v) is 3.44. The third kappa shape index (κ3) is 4.94. The summed E-state index contributed by atoms with van der Waals surface area (Å²) >= 11 is 0. The van der Waals surface area contributed by atoms with Crippen LogP contribution < -0.4 is 10.2 Å². The largest absolute Gasteiger partial charge is 0.435 e. The maximum absolute atomic E-state index is 12.9. The van der Waals surface area contributed by atoms with Crippen LogP contribution in [0.4, 0.5) is 24.7 Å². The Morgan fingerprint density at radius 3 is 2.62 bits per heavy atom. The van der Waals surface area contributed by atoms with E-state index in [2.05, 4.69) is 31.6 Å². The zero-order chi connectivity index (χ0) is 24.3. The summed E-state index contributed by atoms with van der Waals surface area (Å²) in [7, 11) is 0. The number of hydrogen-bond donors (Lipinski definition) is 1. The second-order valence-corrected chi connectivity index (χ2v) is 7.44. The Labute approximate surface area is 192 Å². The minimum absolute atomic E-state index is 0.256. The van der Waals surface area contributed by atoms with Crippen molar-refractivity contribution in [2.75, 3.05) is 36.5 Å². The number of aryl methyl sites for hydroxylation is 1. The highest BCUT2D eigenvalue weighted by atomic mass is 19.4. The Morgan fingerprint density at radius 2 is 1.91 bits per heavy atom. The molecule has 34 heavy (non-hydrogen) atoms. The quantitative estimate of drug-likeness (QED) is 0.619. The lowest BCUT2D eigenvalue weighted by Gasteiger charge is -2.28. The average Bonchev–Trinajstić information content (AvgIpc) is 2.85. The molecule has 0 saturated carbocycles. The number of hydrogen-bond acceptors (Lipinski definition) is 8. The second kappa shape index (κ2) is 9.40. The zero-order valence-electron chi connectivity index (χ0n) is 17.9. The van der Waals surface area contributed by atoms with Crippen molar-refractivity contribution in [2.24, 2.45) is 0 Å². The maximum atomic E-state index is 12.9. The molecule has 1 aliphatic rings. The lowest BCUT2D eigenvalue weighted by atomic mass is 10.0. The number of morpholine rings is 1. The van der Waals surface area contributed by atoms with E-state index in [0.717, 1.165) is 6.20 Å². The maximum Gasteiger partial charge on any atom is 0.435 e. The van der Waals surface area contributed by atoms with Gasteiger partial charge in [-0.15, -0.1) is 5.10 Å². The van der Waals surface area contributed by atoms with Gasteiger partial charge in [0, 0.05) is 36.1 Å². The van der Waals surface area contributed by atoms with E-state index in [-0.39, 0.29) is 11.3 Å². The summed E-state index contributed by atoms with van der Waals surface area (Å²) in [6.07, 6.45) is -0.776. The van der Waals surface area contributed by atoms with E-state index >= 15 is 0 Å². The van der Waals surface area contributed by atoms with Crippen LogP contribution in [0.3, 0.4) is 0 Å². The second-order valence-electron chi connectivity index (χ2n) is 7.44. The zero-order valence-corrected chi connectivity index (χ0v) is 17.9. The summed E-state index contributed by atoms with van der Waals surface area (Å²) in [5.41, 5.74) is 0.917. The summed E-state index contributed by atoms with van der Waals surface area (Å²) in [6, 6.07) is 6.10. The Bertz CT molecular complexity index is 1270. The number of aromatic nitrogens is 4. The van der Waals surface area contributed by atoms with Crippen molar-refractivity contribution in [1.29, 1.82) is 5.26 Å². The number of nitrogens with one attached hydrogen (secondary N) is 1. The number of amides is 1. The van der Waals surface area contributed by atoms with Gasteiger partial charge in [0.05, 0.1) is 42.4 Å². The number of anilines is 2. The topological polar surface area (TPSA) is 117 Å². The summed E-state index contributed by atoms with van der Waals surface area (Å²) in [4.78, 5) is 23.2. The van der Waals surface area contributed by atoms with E-state index in [4.69, 9.17) is 4.74 Å². The van der Waals surface area contributed by atoms with Gasteiger partial charge in [0.2, 0.25) is 0 Å². The highest BCUT2D eigenvalue weighted by Gasteiger charge is 2.33. The van der Waals surface area contributed by atoms with Gasteiger partial charge in [-0.2, -0.15) is 23.5 Å². The van der Waals surface area contributed by atoms with Crippen molar-refractivity contribution in [3.8, 4) is 17.2 Å². The van der Waals surface area contributed by atoms with E-state index < -0.39 is 17.8 Å². The highest BCUT2D eigenvalue weighted by molar-refractivity contribution is 6.04. The molecule has 4 rings (SSSR count). The minimum atomic E-state index is -4.72. The van der Waals surface area contributed by atoms with Crippen LogP contribution in [0.2, 0.25) is 0 Å². The minimum Gasteiger partial charge on any atom is -0.378 e. The molecular weight excluding hydrogens is 451 g/mol. The van der Waals surface area contributed by atoms with Crippen LogP contribution in [0.1, 0.15) is 27.3 Å². The number of carbonyl (C=O) groups excluding carboxylic acids is 1. The van der Waals surface area contributed by atoms with Gasteiger partial charge in [-0.3, -0.25) is 9.78 Å². The molecular formula is C22H18F3N7O2. The smallest absolute Gasteiger partial charge is 0.378 e. The lowest BCUT2D eigenvalue weighted by molar-refractivity contribution is -0.141. The Hall–Kier alpha value is -4.11. The molecule has 9 nitrogen and oxygen atoms in total. The van der Waals surface area contributed by atoms with Crippen molar-refractivity contribution in [3.63, 3.8) is 0 Å². The molecule has 12 heteroatoms. The van der Waals surface area contributed by atoms with E-state index in [1.54, 1.807) is 25.3 Å². The van der Waals surface area contributed by atoms with Crippen molar-refractivity contribution in [1.82, 2.24) is 20.2 Å². The van der Waals surface area contributed by atoms with Crippen molar-refractivity contribution < 1.29 is 22.7 Å². The molecule has 1 amide bonds. The first-order valence-electron chi connectivity index (χ1n) is 10.2. The first-order valence-corrected chi connectivity index (χ1v) is 10.2. The number of rotatable bonds is 4. The van der Waals surface area contributed by atoms with E-state index in [1.165, 1.54) is 6.20 Å². The van der Waals surface area contributed by atoms with Gasteiger partial charge in [0.25, 0.3) is 5.91 Å². The van der Waals surface area contributed by atoms with Gasteiger partial charge in [-0.25, -0.2) is 4.98 Å². The van der Waals surface area contributed by atoms with Crippen LogP contribution in [0.5, 0.6) is 0 Å². The number of ether oxygens (including phenoxy) is 1. The average molecular weight is 469 g/mol. The molecule has 1 fully saturated rings. The van der Waals surface area contributed by atoms with Gasteiger partial charge in [-0.1, -0.05) is 0 Å². The molecule has 1 saturated heterocycles. The lowest BCUT2D eigenvalue weighted by Crippen LogP contribution is -2.37. The third-order valence-electron chi connectivity index (χ3n) is 5.16. The van der Waals surface area contributed by atoms with Gasteiger partial charge in [0.1, 0.15) is 11.9 Å². The molecule has 0 atom stereocenters. The fourth-order valence-electron chi connectivity index (χ4n) is 3.44. The Balaban J connectivity index is 1.60. The number of halogens is 3. The summed E-state index contributed by atoms with van der Waals surface area (Å²) in [5.74, 6) is -0.231. The SMILES string of the molecule is Cc1ncc(NC(=O)c2cnnc(C(F)(F)F)c2)cc1-c1cnc(N2CCOCC2)c(C#N)c1. The highest BCUT2D eigenvalue weighted by Crippen LogP contribution is 2.30. The van der Waals surface area contributed by atoms with Crippen LogP contribution >= 0.6 is 0 Å². The van der Waals surface area contributed by atoms with Gasteiger partial charge in [-0.05, 0) is 25.1 Å². The predicted molar refractivity (Wildman–Crippen MR) is 115 cm³/mol. The summed E-state index contributed by atoms with van der Waals surface area (Å²) < 4.78 is 44.0. The molecule has 4 heterocycles. The van der Waals surface area contributed by atoms with Crippen molar-refractivity contribution >= 4 is 17.4 Å². The van der Waals surface area contributed by atoms with Gasteiger partial charge < -0.3 is 15.0 Å². The van der Waals surface area contributed by atoms with Crippen LogP contribution in [0.25, 0.3) is 11.1 Å². The van der Waals surface area contributed by atoms with Crippen LogP contribution in [0, 0.1) is 18.3 Å². The molecule has 1 aliphatic heterocycles. The van der Waals surface area contributed by atoms with Crippen LogP contribution in [0.15, 0.2) is 36.8 Å². The van der Waals surface area contributed by atoms with Crippen LogP contribution in [-0.2, 0) is 10.9 Å². The first-order chi connectivity index (χ1) is 16.3. The molecule has 1 N–H and O–H groups in total. The van der Waals surface area contributed by atoms with E-state index in [0.29, 0.717) is 60.6 Å². The molecule has 0 unspecified atom stereocenters. The fraction of sp³-hybridized carbons (Fsp3) is 0.273. The first kappa shape index (κ1) is 23.1. The van der Waals surface area contributed by atoms with Crippen LogP contribution in [-0.4, -0.2) is 52.4 Å². The molecule has 0 radical (unpaired) electrons.